The number of nitrogens with two attached hydrogens (primary N) is 1. The van der Waals surface area contributed by atoms with Gasteiger partial charge in [0.1, 0.15) is 5.75 Å². The Balaban J connectivity index is 1.72. The minimum atomic E-state index is 0.150. The molecule has 3 rings (SSSR count). The minimum Gasteiger partial charge on any atom is -0.497 e. The number of hydrogen-bond acceptors (Lipinski definition) is 4. The maximum absolute atomic E-state index is 6.17. The van der Waals surface area contributed by atoms with Gasteiger partial charge in [-0.05, 0) is 41.8 Å². The zero-order valence-corrected chi connectivity index (χ0v) is 16.7. The Morgan fingerprint density at radius 1 is 1.21 bits per heavy atom. The van der Waals surface area contributed by atoms with Crippen LogP contribution < -0.4 is 15.8 Å². The predicted molar refractivity (Wildman–Crippen MR) is 114 cm³/mol. The highest BCUT2D eigenvalue weighted by Gasteiger charge is 2.22. The Bertz CT molecular complexity index is 770. The number of nitrogens with zero attached hydrogens (tertiary/aromatic N) is 2. The number of morpholine rings is 1. The van der Waals surface area contributed by atoms with Gasteiger partial charge in [-0.3, -0.25) is 9.89 Å². The average Bonchev–Trinajstić information content (AvgIpc) is 2.75. The van der Waals surface area contributed by atoms with Crippen LogP contribution in [0.15, 0.2) is 53.5 Å². The van der Waals surface area contributed by atoms with E-state index in [2.05, 4.69) is 46.4 Å². The molecule has 0 saturated carbocycles. The molecule has 0 radical (unpaired) electrons. The van der Waals surface area contributed by atoms with Crippen molar-refractivity contribution in [1.29, 1.82) is 0 Å². The monoisotopic (exact) mass is 382 g/mol. The van der Waals surface area contributed by atoms with Gasteiger partial charge in [0.15, 0.2) is 5.96 Å². The molecule has 1 atom stereocenters. The molecule has 0 bridgehead atoms. The zero-order valence-electron chi connectivity index (χ0n) is 16.7. The predicted octanol–water partition coefficient (Wildman–Crippen LogP) is 3.06. The van der Waals surface area contributed by atoms with Crippen molar-refractivity contribution in [3.8, 4) is 5.75 Å². The highest BCUT2D eigenvalue weighted by Crippen LogP contribution is 2.24. The molecule has 1 unspecified atom stereocenters. The number of aliphatic imine (C=N–C) groups is 1. The third kappa shape index (κ3) is 5.47. The number of ether oxygens (including phenoxy) is 2. The topological polar surface area (TPSA) is 72.1 Å². The van der Waals surface area contributed by atoms with Gasteiger partial charge < -0.3 is 20.5 Å². The van der Waals surface area contributed by atoms with E-state index in [1.165, 1.54) is 11.1 Å². The Morgan fingerprint density at radius 3 is 2.64 bits per heavy atom. The molecule has 0 aromatic heterocycles. The van der Waals surface area contributed by atoms with Gasteiger partial charge in [0, 0.05) is 18.8 Å². The lowest BCUT2D eigenvalue weighted by molar-refractivity contribution is 0.0180. The lowest BCUT2D eigenvalue weighted by Crippen LogP contribution is -2.40. The molecule has 1 aliphatic rings. The van der Waals surface area contributed by atoms with E-state index in [0.29, 0.717) is 12.5 Å². The Labute approximate surface area is 167 Å². The van der Waals surface area contributed by atoms with Crippen LogP contribution in [0.5, 0.6) is 5.75 Å². The van der Waals surface area contributed by atoms with Crippen molar-refractivity contribution in [2.45, 2.75) is 19.4 Å². The van der Waals surface area contributed by atoms with E-state index >= 15 is 0 Å². The summed E-state index contributed by atoms with van der Waals surface area (Å²) in [5.74, 6) is 1.28. The lowest BCUT2D eigenvalue weighted by atomic mass is 10.0. The van der Waals surface area contributed by atoms with Crippen LogP contribution >= 0.6 is 0 Å². The van der Waals surface area contributed by atoms with E-state index in [9.17, 15) is 0 Å². The molecular formula is C22H30N4O2. The van der Waals surface area contributed by atoms with Crippen LogP contribution in [-0.2, 0) is 11.2 Å². The Morgan fingerprint density at radius 2 is 1.96 bits per heavy atom. The van der Waals surface area contributed by atoms with Crippen molar-refractivity contribution < 1.29 is 9.47 Å². The lowest BCUT2D eigenvalue weighted by Gasteiger charge is -2.34. The molecule has 1 fully saturated rings. The summed E-state index contributed by atoms with van der Waals surface area (Å²) in [6.45, 7) is 5.98. The molecule has 0 aliphatic carbocycles. The third-order valence-electron chi connectivity index (χ3n) is 5.03. The molecule has 2 aromatic rings. The molecule has 1 aliphatic heterocycles. The van der Waals surface area contributed by atoms with Gasteiger partial charge in [-0.15, -0.1) is 0 Å². The first-order chi connectivity index (χ1) is 13.7. The second kappa shape index (κ2) is 10.1. The Hall–Kier alpha value is -2.57. The molecule has 6 nitrogen and oxygen atoms in total. The molecule has 28 heavy (non-hydrogen) atoms. The van der Waals surface area contributed by atoms with Crippen molar-refractivity contribution in [2.24, 2.45) is 10.7 Å². The van der Waals surface area contributed by atoms with Gasteiger partial charge in [-0.1, -0.05) is 31.2 Å². The van der Waals surface area contributed by atoms with E-state index < -0.39 is 0 Å². The first-order valence-corrected chi connectivity index (χ1v) is 9.81. The fraction of sp³-hybridized carbons (Fsp3) is 0.409. The highest BCUT2D eigenvalue weighted by atomic mass is 16.5. The van der Waals surface area contributed by atoms with E-state index in [1.807, 2.05) is 24.3 Å². The van der Waals surface area contributed by atoms with Crippen molar-refractivity contribution in [2.75, 3.05) is 45.3 Å². The van der Waals surface area contributed by atoms with Crippen molar-refractivity contribution in [3.63, 3.8) is 0 Å². The van der Waals surface area contributed by atoms with E-state index in [4.69, 9.17) is 15.2 Å². The SMILES string of the molecule is CCc1cccc(NC(N)=NCC(c2ccc(OC)cc2)N2CCOCC2)c1. The van der Waals surface area contributed by atoms with Crippen molar-refractivity contribution in [1.82, 2.24) is 4.90 Å². The van der Waals surface area contributed by atoms with E-state index in [0.717, 1.165) is 44.2 Å². The molecule has 2 aromatic carbocycles. The van der Waals surface area contributed by atoms with Crippen LogP contribution in [0, 0.1) is 0 Å². The van der Waals surface area contributed by atoms with Crippen LogP contribution in [0.1, 0.15) is 24.1 Å². The van der Waals surface area contributed by atoms with Gasteiger partial charge in [0.25, 0.3) is 0 Å². The zero-order chi connectivity index (χ0) is 19.8. The van der Waals surface area contributed by atoms with Crippen LogP contribution in [0.4, 0.5) is 5.69 Å². The van der Waals surface area contributed by atoms with Crippen LogP contribution in [-0.4, -0.2) is 50.8 Å². The van der Waals surface area contributed by atoms with Crippen LogP contribution in [0.3, 0.4) is 0 Å². The minimum absolute atomic E-state index is 0.150. The van der Waals surface area contributed by atoms with Gasteiger partial charge in [-0.25, -0.2) is 0 Å². The highest BCUT2D eigenvalue weighted by molar-refractivity contribution is 5.92. The molecular weight excluding hydrogens is 352 g/mol. The largest absolute Gasteiger partial charge is 0.497 e. The number of rotatable bonds is 7. The van der Waals surface area contributed by atoms with Gasteiger partial charge in [0.05, 0.1) is 32.9 Å². The van der Waals surface area contributed by atoms with E-state index in [1.54, 1.807) is 7.11 Å². The van der Waals surface area contributed by atoms with Crippen molar-refractivity contribution >= 4 is 11.6 Å². The maximum Gasteiger partial charge on any atom is 0.193 e. The molecule has 6 heteroatoms. The Kier molecular flexibility index (Phi) is 7.28. The summed E-state index contributed by atoms with van der Waals surface area (Å²) >= 11 is 0. The molecule has 1 saturated heterocycles. The van der Waals surface area contributed by atoms with Gasteiger partial charge in [0.2, 0.25) is 0 Å². The first kappa shape index (κ1) is 20.2. The summed E-state index contributed by atoms with van der Waals surface area (Å²) in [6, 6.07) is 16.6. The van der Waals surface area contributed by atoms with Crippen molar-refractivity contribution in [3.05, 3.63) is 59.7 Å². The maximum atomic E-state index is 6.17. The number of anilines is 1. The van der Waals surface area contributed by atoms with Crippen LogP contribution in [0.2, 0.25) is 0 Å². The summed E-state index contributed by atoms with van der Waals surface area (Å²) in [5, 5.41) is 3.21. The quantitative estimate of drug-likeness (QED) is 0.569. The second-order valence-corrected chi connectivity index (χ2v) is 6.84. The molecule has 3 N–H and O–H groups in total. The average molecular weight is 383 g/mol. The number of nitrogens with one attached hydrogen (secondary N) is 1. The standard InChI is InChI=1S/C22H30N4O2/c1-3-17-5-4-6-19(15-17)25-22(23)24-16-21(26-11-13-28-14-12-26)18-7-9-20(27-2)10-8-18/h4-10,15,21H,3,11-14,16H2,1-2H3,(H3,23,24,25). The fourth-order valence-corrected chi connectivity index (χ4v) is 3.39. The number of aryl methyl sites for hydroxylation is 1. The molecule has 0 spiro atoms. The van der Waals surface area contributed by atoms with E-state index in [-0.39, 0.29) is 6.04 Å². The first-order valence-electron chi connectivity index (χ1n) is 9.81. The number of benzene rings is 2. The summed E-state index contributed by atoms with van der Waals surface area (Å²) in [6.07, 6.45) is 0.989. The summed E-state index contributed by atoms with van der Waals surface area (Å²) in [5.41, 5.74) is 9.61. The number of hydrogen-bond donors (Lipinski definition) is 2. The molecule has 0 amide bonds. The summed E-state index contributed by atoms with van der Waals surface area (Å²) < 4.78 is 10.8. The van der Waals surface area contributed by atoms with Gasteiger partial charge in [-0.2, -0.15) is 0 Å². The smallest absolute Gasteiger partial charge is 0.193 e. The number of guanidine groups is 1. The second-order valence-electron chi connectivity index (χ2n) is 6.84. The van der Waals surface area contributed by atoms with Crippen LogP contribution in [0.25, 0.3) is 0 Å². The third-order valence-corrected chi connectivity index (χ3v) is 5.03. The molecule has 150 valence electrons. The van der Waals surface area contributed by atoms with Gasteiger partial charge >= 0.3 is 0 Å². The molecule has 1 heterocycles. The summed E-state index contributed by atoms with van der Waals surface area (Å²) in [4.78, 5) is 7.04. The fourth-order valence-electron chi connectivity index (χ4n) is 3.39. The number of methoxy groups -OCH3 is 1. The summed E-state index contributed by atoms with van der Waals surface area (Å²) in [7, 11) is 1.68. The normalized spacial score (nSPS) is 16.6.